The number of nitrogens with one attached hydrogen (secondary N) is 1. The SMILES string of the molecule is COc1ccc2ncc(F)c(CCCC3(C(=O)NO)CCN(CCSc4cc(F)cc(F)c4F)CC3)c2c1. The van der Waals surface area contributed by atoms with Crippen molar-refractivity contribution in [2.24, 2.45) is 5.41 Å². The zero-order valence-corrected chi connectivity index (χ0v) is 21.7. The summed E-state index contributed by atoms with van der Waals surface area (Å²) in [7, 11) is 1.54. The van der Waals surface area contributed by atoms with Gasteiger partial charge in [0.1, 0.15) is 17.4 Å². The molecule has 0 radical (unpaired) electrons. The van der Waals surface area contributed by atoms with Gasteiger partial charge in [-0.3, -0.25) is 15.0 Å². The van der Waals surface area contributed by atoms with Crippen molar-refractivity contribution in [3.05, 3.63) is 65.4 Å². The molecule has 1 aliphatic heterocycles. The van der Waals surface area contributed by atoms with Crippen molar-refractivity contribution in [2.45, 2.75) is 37.0 Å². The molecule has 204 valence electrons. The first-order valence-corrected chi connectivity index (χ1v) is 13.3. The molecule has 1 saturated heterocycles. The summed E-state index contributed by atoms with van der Waals surface area (Å²) >= 11 is 1.03. The maximum absolute atomic E-state index is 14.7. The number of aryl methyl sites for hydroxylation is 1. The summed E-state index contributed by atoms with van der Waals surface area (Å²) in [6.07, 6.45) is 3.49. The lowest BCUT2D eigenvalue weighted by molar-refractivity contribution is -0.143. The Kier molecular flexibility index (Phi) is 9.11. The summed E-state index contributed by atoms with van der Waals surface area (Å²) in [6, 6.07) is 6.76. The molecule has 0 bridgehead atoms. The predicted octanol–water partition coefficient (Wildman–Crippen LogP) is 5.50. The van der Waals surface area contributed by atoms with Crippen molar-refractivity contribution in [3.63, 3.8) is 0 Å². The molecule has 0 atom stereocenters. The number of pyridine rings is 1. The van der Waals surface area contributed by atoms with Gasteiger partial charge in [0.25, 0.3) is 0 Å². The summed E-state index contributed by atoms with van der Waals surface area (Å²) in [5.74, 6) is -2.99. The van der Waals surface area contributed by atoms with Gasteiger partial charge in [0, 0.05) is 28.6 Å². The number of hydroxylamine groups is 1. The van der Waals surface area contributed by atoms with Gasteiger partial charge in [-0.2, -0.15) is 0 Å². The smallest absolute Gasteiger partial charge is 0.249 e. The van der Waals surface area contributed by atoms with Crippen LogP contribution < -0.4 is 10.2 Å². The van der Waals surface area contributed by atoms with E-state index in [1.807, 2.05) is 0 Å². The first-order valence-electron chi connectivity index (χ1n) is 12.3. The van der Waals surface area contributed by atoms with Crippen LogP contribution in [0.25, 0.3) is 10.9 Å². The Morgan fingerprint density at radius 2 is 1.92 bits per heavy atom. The van der Waals surface area contributed by atoms with E-state index in [1.165, 1.54) is 13.3 Å². The molecular weight excluding hydrogens is 522 g/mol. The van der Waals surface area contributed by atoms with Crippen molar-refractivity contribution < 1.29 is 32.3 Å². The lowest BCUT2D eigenvalue weighted by Gasteiger charge is -2.40. The molecule has 1 amide bonds. The van der Waals surface area contributed by atoms with E-state index in [2.05, 4.69) is 9.88 Å². The van der Waals surface area contributed by atoms with Crippen molar-refractivity contribution in [1.82, 2.24) is 15.4 Å². The number of piperidine rings is 1. The summed E-state index contributed by atoms with van der Waals surface area (Å²) in [4.78, 5) is 18.9. The Balaban J connectivity index is 1.36. The number of likely N-dealkylation sites (tertiary alicyclic amines) is 1. The summed E-state index contributed by atoms with van der Waals surface area (Å²) in [5.41, 5.74) is 2.14. The highest BCUT2D eigenvalue weighted by Crippen LogP contribution is 2.38. The summed E-state index contributed by atoms with van der Waals surface area (Å²) in [5, 5.41) is 10.1. The molecule has 6 nitrogen and oxygen atoms in total. The fourth-order valence-electron chi connectivity index (χ4n) is 5.02. The van der Waals surface area contributed by atoms with Crippen molar-refractivity contribution >= 4 is 28.6 Å². The molecule has 0 aliphatic carbocycles. The number of rotatable bonds is 10. The second kappa shape index (κ2) is 12.3. The van der Waals surface area contributed by atoms with Gasteiger partial charge < -0.3 is 9.64 Å². The molecule has 1 aliphatic rings. The second-order valence-electron chi connectivity index (χ2n) is 9.43. The van der Waals surface area contributed by atoms with Crippen molar-refractivity contribution in [2.75, 3.05) is 32.5 Å². The molecule has 0 spiro atoms. The van der Waals surface area contributed by atoms with E-state index in [1.54, 1.807) is 23.7 Å². The number of hydrogen-bond donors (Lipinski definition) is 2. The molecule has 1 fully saturated rings. The lowest BCUT2D eigenvalue weighted by Crippen LogP contribution is -2.48. The zero-order valence-electron chi connectivity index (χ0n) is 20.9. The first kappa shape index (κ1) is 28.1. The minimum Gasteiger partial charge on any atom is -0.497 e. The Bertz CT molecular complexity index is 1300. The number of fused-ring (bicyclic) bond motifs is 1. The summed E-state index contributed by atoms with van der Waals surface area (Å²) < 4.78 is 60.7. The van der Waals surface area contributed by atoms with Crippen LogP contribution >= 0.6 is 11.8 Å². The largest absolute Gasteiger partial charge is 0.497 e. The van der Waals surface area contributed by atoms with Gasteiger partial charge in [-0.25, -0.2) is 23.0 Å². The first-order chi connectivity index (χ1) is 18.3. The number of nitrogens with zero attached hydrogens (tertiary/aromatic N) is 2. The van der Waals surface area contributed by atoms with Crippen LogP contribution in [0.2, 0.25) is 0 Å². The Morgan fingerprint density at radius 1 is 1.16 bits per heavy atom. The van der Waals surface area contributed by atoms with Crippen molar-refractivity contribution in [3.8, 4) is 5.75 Å². The molecule has 1 aromatic heterocycles. The number of methoxy groups -OCH3 is 1. The van der Waals surface area contributed by atoms with Gasteiger partial charge in [-0.1, -0.05) is 0 Å². The van der Waals surface area contributed by atoms with Gasteiger partial charge >= 0.3 is 0 Å². The topological polar surface area (TPSA) is 74.7 Å². The highest BCUT2D eigenvalue weighted by Gasteiger charge is 2.40. The van der Waals surface area contributed by atoms with Crippen LogP contribution in [0.5, 0.6) is 5.75 Å². The number of halogens is 4. The monoisotopic (exact) mass is 551 g/mol. The normalized spacial score (nSPS) is 15.5. The van der Waals surface area contributed by atoms with E-state index >= 15 is 0 Å². The third-order valence-electron chi connectivity index (χ3n) is 7.24. The molecule has 2 heterocycles. The van der Waals surface area contributed by atoms with Gasteiger partial charge in [0.2, 0.25) is 5.91 Å². The Labute approximate surface area is 222 Å². The van der Waals surface area contributed by atoms with Gasteiger partial charge in [-0.05, 0) is 75.0 Å². The van der Waals surface area contributed by atoms with Crippen LogP contribution in [0.1, 0.15) is 31.2 Å². The molecule has 0 saturated carbocycles. The van der Waals surface area contributed by atoms with Crippen molar-refractivity contribution in [1.29, 1.82) is 0 Å². The standard InChI is InChI=1S/C27H29F4N3O3S/c1-37-18-4-5-23-20(15-18)19(22(30)16-32-23)3-2-6-27(26(35)33-36)7-9-34(10-8-27)11-12-38-24-14-17(28)13-21(29)25(24)31/h4-5,13-16,36H,2-3,6-12H2,1H3,(H,33,35). The number of hydrogen-bond acceptors (Lipinski definition) is 6. The fraction of sp³-hybridized carbons (Fsp3) is 0.407. The zero-order chi connectivity index (χ0) is 27.3. The Morgan fingerprint density at radius 3 is 2.63 bits per heavy atom. The van der Waals surface area contributed by atoms with E-state index in [4.69, 9.17) is 4.74 Å². The van der Waals surface area contributed by atoms with Crippen LogP contribution in [0.4, 0.5) is 17.6 Å². The maximum Gasteiger partial charge on any atom is 0.249 e. The number of ether oxygens (including phenoxy) is 1. The minimum atomic E-state index is -1.22. The molecule has 11 heteroatoms. The molecule has 4 rings (SSSR count). The van der Waals surface area contributed by atoms with Crippen LogP contribution in [-0.4, -0.2) is 53.5 Å². The Hall–Kier alpha value is -2.89. The third-order valence-corrected chi connectivity index (χ3v) is 8.23. The average Bonchev–Trinajstić information content (AvgIpc) is 2.92. The van der Waals surface area contributed by atoms with E-state index < -0.39 is 34.6 Å². The quantitative estimate of drug-likeness (QED) is 0.114. The van der Waals surface area contributed by atoms with Crippen LogP contribution in [-0.2, 0) is 11.2 Å². The third kappa shape index (κ3) is 6.22. The van der Waals surface area contributed by atoms with Crippen LogP contribution in [0.3, 0.4) is 0 Å². The number of amides is 1. The van der Waals surface area contributed by atoms with Gasteiger partial charge in [0.15, 0.2) is 11.6 Å². The molecule has 38 heavy (non-hydrogen) atoms. The second-order valence-corrected chi connectivity index (χ2v) is 10.6. The van der Waals surface area contributed by atoms with E-state index in [9.17, 15) is 27.6 Å². The number of aromatic nitrogens is 1. The summed E-state index contributed by atoms with van der Waals surface area (Å²) in [6.45, 7) is 1.64. The van der Waals surface area contributed by atoms with Crippen LogP contribution in [0, 0.1) is 28.7 Å². The van der Waals surface area contributed by atoms with E-state index in [0.29, 0.717) is 85.8 Å². The van der Waals surface area contributed by atoms with Crippen LogP contribution in [0.15, 0.2) is 41.4 Å². The molecule has 2 aromatic carbocycles. The number of benzene rings is 2. The molecule has 0 unspecified atom stereocenters. The highest BCUT2D eigenvalue weighted by molar-refractivity contribution is 7.99. The van der Waals surface area contributed by atoms with E-state index in [-0.39, 0.29) is 4.90 Å². The highest BCUT2D eigenvalue weighted by atomic mass is 32.2. The fourth-order valence-corrected chi connectivity index (χ4v) is 6.01. The molecule has 3 aromatic rings. The number of carbonyl (C=O) groups excluding carboxylic acids is 1. The van der Waals surface area contributed by atoms with Gasteiger partial charge in [0.05, 0.1) is 24.2 Å². The van der Waals surface area contributed by atoms with E-state index in [0.717, 1.165) is 17.8 Å². The lowest BCUT2D eigenvalue weighted by atomic mass is 9.73. The molecular formula is C27H29F4N3O3S. The van der Waals surface area contributed by atoms with Gasteiger partial charge in [-0.15, -0.1) is 11.8 Å². The number of carbonyl (C=O) groups is 1. The predicted molar refractivity (Wildman–Crippen MR) is 136 cm³/mol. The maximum atomic E-state index is 14.7. The number of thioether (sulfide) groups is 1. The average molecular weight is 552 g/mol. The minimum absolute atomic E-state index is 0.0815. The molecule has 2 N–H and O–H groups in total.